The number of fused-ring (bicyclic) bond motifs is 1. The van der Waals surface area contributed by atoms with Gasteiger partial charge in [0.05, 0.1) is 11.3 Å². The van der Waals surface area contributed by atoms with Gasteiger partial charge in [0.2, 0.25) is 0 Å². The first kappa shape index (κ1) is 16.1. The molecule has 0 aliphatic carbocycles. The summed E-state index contributed by atoms with van der Waals surface area (Å²) < 4.78 is 0. The van der Waals surface area contributed by atoms with Crippen molar-refractivity contribution in [3.63, 3.8) is 0 Å². The molecule has 0 saturated carbocycles. The van der Waals surface area contributed by atoms with Crippen LogP contribution in [0.4, 0.5) is 5.69 Å². The minimum atomic E-state index is -0.211. The van der Waals surface area contributed by atoms with Crippen molar-refractivity contribution in [2.45, 2.75) is 13.5 Å². The van der Waals surface area contributed by atoms with Gasteiger partial charge in [-0.15, -0.1) is 0 Å². The molecule has 2 amide bonds. The SMILES string of the molecule is Cc1ccccc1C(=O)Nc1ccc(-c2ccccc2)c2c1C(=O)NC2. The van der Waals surface area contributed by atoms with E-state index in [2.05, 4.69) is 10.6 Å². The lowest BCUT2D eigenvalue weighted by molar-refractivity contribution is 0.0966. The van der Waals surface area contributed by atoms with Crippen molar-refractivity contribution in [1.29, 1.82) is 0 Å². The average Bonchev–Trinajstić information content (AvgIpc) is 3.05. The lowest BCUT2D eigenvalue weighted by atomic mass is 9.95. The summed E-state index contributed by atoms with van der Waals surface area (Å²) in [4.78, 5) is 25.0. The molecule has 26 heavy (non-hydrogen) atoms. The van der Waals surface area contributed by atoms with E-state index in [1.165, 1.54) is 0 Å². The molecule has 0 radical (unpaired) electrons. The molecule has 1 heterocycles. The van der Waals surface area contributed by atoms with Gasteiger partial charge in [0.25, 0.3) is 11.8 Å². The Labute approximate surface area is 151 Å². The summed E-state index contributed by atoms with van der Waals surface area (Å²) in [7, 11) is 0. The average molecular weight is 342 g/mol. The zero-order valence-electron chi connectivity index (χ0n) is 14.4. The van der Waals surface area contributed by atoms with Gasteiger partial charge >= 0.3 is 0 Å². The molecule has 3 aromatic rings. The van der Waals surface area contributed by atoms with E-state index < -0.39 is 0 Å². The Hall–Kier alpha value is -3.40. The topological polar surface area (TPSA) is 58.2 Å². The summed E-state index contributed by atoms with van der Waals surface area (Å²) in [6, 6.07) is 21.1. The van der Waals surface area contributed by atoms with Crippen LogP contribution in [0.5, 0.6) is 0 Å². The molecule has 0 bridgehead atoms. The maximum atomic E-state index is 12.7. The molecule has 0 unspecified atom stereocenters. The first-order chi connectivity index (χ1) is 12.6. The molecule has 4 heteroatoms. The monoisotopic (exact) mass is 342 g/mol. The second kappa shape index (κ2) is 6.48. The van der Waals surface area contributed by atoms with Gasteiger partial charge in [-0.25, -0.2) is 0 Å². The number of benzene rings is 3. The summed E-state index contributed by atoms with van der Waals surface area (Å²) in [5.74, 6) is -0.365. The van der Waals surface area contributed by atoms with Crippen molar-refractivity contribution in [3.05, 3.63) is 89.0 Å². The van der Waals surface area contributed by atoms with Gasteiger partial charge in [0, 0.05) is 12.1 Å². The Kier molecular flexibility index (Phi) is 4.01. The molecule has 0 aromatic heterocycles. The fraction of sp³-hybridized carbons (Fsp3) is 0.0909. The molecule has 4 rings (SSSR count). The van der Waals surface area contributed by atoms with Crippen LogP contribution in [0.15, 0.2) is 66.7 Å². The van der Waals surface area contributed by atoms with Crippen LogP contribution >= 0.6 is 0 Å². The highest BCUT2D eigenvalue weighted by molar-refractivity contribution is 6.12. The number of anilines is 1. The molecule has 0 atom stereocenters. The minimum absolute atomic E-state index is 0.155. The molecule has 0 spiro atoms. The molecular weight excluding hydrogens is 324 g/mol. The number of nitrogens with one attached hydrogen (secondary N) is 2. The highest BCUT2D eigenvalue weighted by atomic mass is 16.2. The Morgan fingerprint density at radius 2 is 1.69 bits per heavy atom. The first-order valence-electron chi connectivity index (χ1n) is 8.51. The van der Waals surface area contributed by atoms with Crippen molar-refractivity contribution in [2.75, 3.05) is 5.32 Å². The van der Waals surface area contributed by atoms with Crippen LogP contribution in [0.3, 0.4) is 0 Å². The van der Waals surface area contributed by atoms with Crippen LogP contribution in [0.25, 0.3) is 11.1 Å². The van der Waals surface area contributed by atoms with E-state index >= 15 is 0 Å². The second-order valence-electron chi connectivity index (χ2n) is 6.33. The molecular formula is C22H18N2O2. The fourth-order valence-electron chi connectivity index (χ4n) is 3.36. The van der Waals surface area contributed by atoms with Crippen molar-refractivity contribution < 1.29 is 9.59 Å². The summed E-state index contributed by atoms with van der Waals surface area (Å²) in [5.41, 5.74) is 5.57. The molecule has 128 valence electrons. The molecule has 1 aliphatic rings. The Morgan fingerprint density at radius 3 is 2.46 bits per heavy atom. The third-order valence-corrected chi connectivity index (χ3v) is 4.69. The molecule has 1 aliphatic heterocycles. The van der Waals surface area contributed by atoms with Crippen LogP contribution in [0.2, 0.25) is 0 Å². The number of hydrogen-bond donors (Lipinski definition) is 2. The van der Waals surface area contributed by atoms with Gasteiger partial charge < -0.3 is 10.6 Å². The predicted octanol–water partition coefficient (Wildman–Crippen LogP) is 4.16. The first-order valence-corrected chi connectivity index (χ1v) is 8.51. The Bertz CT molecular complexity index is 1010. The standard InChI is InChI=1S/C22H18N2O2/c1-14-7-5-6-10-16(14)21(25)24-19-12-11-17(15-8-3-2-4-9-15)18-13-23-22(26)20(18)19/h2-12H,13H2,1H3,(H,23,26)(H,24,25). The number of rotatable bonds is 3. The van der Waals surface area contributed by atoms with Crippen molar-refractivity contribution in [2.24, 2.45) is 0 Å². The highest BCUT2D eigenvalue weighted by Gasteiger charge is 2.26. The zero-order valence-corrected chi connectivity index (χ0v) is 14.4. The predicted molar refractivity (Wildman–Crippen MR) is 102 cm³/mol. The lowest BCUT2D eigenvalue weighted by Crippen LogP contribution is -2.18. The Morgan fingerprint density at radius 1 is 0.962 bits per heavy atom. The number of carbonyl (C=O) groups is 2. The van der Waals surface area contributed by atoms with Crippen molar-refractivity contribution >= 4 is 17.5 Å². The molecule has 0 saturated heterocycles. The van der Waals surface area contributed by atoms with Crippen molar-refractivity contribution in [3.8, 4) is 11.1 Å². The fourth-order valence-corrected chi connectivity index (χ4v) is 3.36. The smallest absolute Gasteiger partial charge is 0.255 e. The van der Waals surface area contributed by atoms with Crippen LogP contribution < -0.4 is 10.6 Å². The Balaban J connectivity index is 1.75. The maximum Gasteiger partial charge on any atom is 0.255 e. The maximum absolute atomic E-state index is 12.7. The van der Waals surface area contributed by atoms with E-state index in [0.717, 1.165) is 22.3 Å². The second-order valence-corrected chi connectivity index (χ2v) is 6.33. The van der Waals surface area contributed by atoms with E-state index in [-0.39, 0.29) is 11.8 Å². The van der Waals surface area contributed by atoms with E-state index in [1.54, 1.807) is 6.07 Å². The van der Waals surface area contributed by atoms with Gasteiger partial charge in [-0.05, 0) is 41.3 Å². The van der Waals surface area contributed by atoms with Crippen LogP contribution in [-0.4, -0.2) is 11.8 Å². The minimum Gasteiger partial charge on any atom is -0.348 e. The highest BCUT2D eigenvalue weighted by Crippen LogP contribution is 2.34. The quantitative estimate of drug-likeness (QED) is 0.751. The molecule has 3 aromatic carbocycles. The summed E-state index contributed by atoms with van der Waals surface area (Å²) in [6.07, 6.45) is 0. The number of amides is 2. The third kappa shape index (κ3) is 2.75. The van der Waals surface area contributed by atoms with E-state index in [9.17, 15) is 9.59 Å². The van der Waals surface area contributed by atoms with Crippen LogP contribution in [0.1, 0.15) is 31.8 Å². The molecule has 0 fully saturated rings. The summed E-state index contributed by atoms with van der Waals surface area (Å²) >= 11 is 0. The largest absolute Gasteiger partial charge is 0.348 e. The van der Waals surface area contributed by atoms with Gasteiger partial charge in [-0.1, -0.05) is 54.6 Å². The third-order valence-electron chi connectivity index (χ3n) is 4.69. The zero-order chi connectivity index (χ0) is 18.1. The van der Waals surface area contributed by atoms with E-state index in [4.69, 9.17) is 0 Å². The lowest BCUT2D eigenvalue weighted by Gasteiger charge is -2.13. The molecule has 4 nitrogen and oxygen atoms in total. The number of aryl methyl sites for hydroxylation is 1. The number of hydrogen-bond acceptors (Lipinski definition) is 2. The van der Waals surface area contributed by atoms with Gasteiger partial charge in [0.1, 0.15) is 0 Å². The molecule has 2 N–H and O–H groups in total. The summed E-state index contributed by atoms with van der Waals surface area (Å²) in [5, 5.41) is 5.78. The van der Waals surface area contributed by atoms with Crippen LogP contribution in [0, 0.1) is 6.92 Å². The normalized spacial score (nSPS) is 12.4. The van der Waals surface area contributed by atoms with Gasteiger partial charge in [0.15, 0.2) is 0 Å². The van der Waals surface area contributed by atoms with Crippen molar-refractivity contribution in [1.82, 2.24) is 5.32 Å². The van der Waals surface area contributed by atoms with E-state index in [1.807, 2.05) is 67.6 Å². The van der Waals surface area contributed by atoms with Crippen LogP contribution in [-0.2, 0) is 6.54 Å². The summed E-state index contributed by atoms with van der Waals surface area (Å²) in [6.45, 7) is 2.36. The van der Waals surface area contributed by atoms with E-state index in [0.29, 0.717) is 23.4 Å². The van der Waals surface area contributed by atoms with Gasteiger partial charge in [-0.2, -0.15) is 0 Å². The number of carbonyl (C=O) groups excluding carboxylic acids is 2. The van der Waals surface area contributed by atoms with Gasteiger partial charge in [-0.3, -0.25) is 9.59 Å².